The van der Waals surface area contributed by atoms with Crippen LogP contribution in [0.1, 0.15) is 45.2 Å². The van der Waals surface area contributed by atoms with E-state index in [1.165, 1.54) is 4.88 Å². The van der Waals surface area contributed by atoms with Crippen LogP contribution in [0.4, 0.5) is 5.13 Å². The van der Waals surface area contributed by atoms with Crippen LogP contribution in [0, 0.1) is 5.41 Å². The molecule has 4 nitrogen and oxygen atoms in total. The smallest absolute Gasteiger partial charge is 0.185 e. The van der Waals surface area contributed by atoms with Gasteiger partial charge in [0.2, 0.25) is 0 Å². The molecular formula is C15H29N3OS. The quantitative estimate of drug-likeness (QED) is 0.838. The molecule has 0 aliphatic heterocycles. The first-order valence-electron chi connectivity index (χ1n) is 7.22. The molecule has 0 amide bonds. The molecule has 1 aromatic rings. The fraction of sp³-hybridized carbons (Fsp3) is 0.800. The molecule has 0 saturated carbocycles. The van der Waals surface area contributed by atoms with Gasteiger partial charge in [0.15, 0.2) is 5.13 Å². The number of hydrogen-bond acceptors (Lipinski definition) is 5. The molecule has 0 saturated heterocycles. The van der Waals surface area contributed by atoms with Crippen LogP contribution in [0.25, 0.3) is 0 Å². The number of methoxy groups -OCH3 is 1. The molecule has 1 unspecified atom stereocenters. The maximum atomic E-state index is 5.27. The van der Waals surface area contributed by atoms with Gasteiger partial charge >= 0.3 is 0 Å². The van der Waals surface area contributed by atoms with Gasteiger partial charge in [-0.2, -0.15) is 0 Å². The van der Waals surface area contributed by atoms with Crippen LogP contribution in [0.5, 0.6) is 0 Å². The number of aromatic nitrogens is 1. The second-order valence-electron chi connectivity index (χ2n) is 6.23. The Kier molecular flexibility index (Phi) is 6.43. The lowest BCUT2D eigenvalue weighted by Gasteiger charge is -2.35. The molecule has 0 aliphatic carbocycles. The molecule has 1 N–H and O–H groups in total. The summed E-state index contributed by atoms with van der Waals surface area (Å²) in [4.78, 5) is 8.32. The number of thiazole rings is 1. The Bertz CT molecular complexity index is 412. The maximum absolute atomic E-state index is 5.27. The zero-order valence-corrected chi connectivity index (χ0v) is 14.7. The molecule has 1 atom stereocenters. The lowest BCUT2D eigenvalue weighted by Crippen LogP contribution is -2.39. The average molecular weight is 299 g/mol. The first-order chi connectivity index (χ1) is 9.31. The average Bonchev–Trinajstić information content (AvgIpc) is 2.77. The monoisotopic (exact) mass is 299 g/mol. The Morgan fingerprint density at radius 2 is 2.05 bits per heavy atom. The van der Waals surface area contributed by atoms with E-state index in [-0.39, 0.29) is 5.41 Å². The van der Waals surface area contributed by atoms with E-state index < -0.39 is 0 Å². The third-order valence-corrected chi connectivity index (χ3v) is 4.91. The van der Waals surface area contributed by atoms with Gasteiger partial charge in [0.1, 0.15) is 0 Å². The summed E-state index contributed by atoms with van der Waals surface area (Å²) < 4.78 is 5.27. The normalized spacial score (nSPS) is 13.6. The van der Waals surface area contributed by atoms with Crippen LogP contribution in [0.15, 0.2) is 0 Å². The lowest BCUT2D eigenvalue weighted by molar-refractivity contribution is 0.181. The van der Waals surface area contributed by atoms with Crippen molar-refractivity contribution in [3.8, 4) is 0 Å². The number of hydrogen-bond donors (Lipinski definition) is 1. The second-order valence-corrected chi connectivity index (χ2v) is 7.29. The van der Waals surface area contributed by atoms with Crippen molar-refractivity contribution >= 4 is 16.5 Å². The number of anilines is 1. The minimum atomic E-state index is 0.226. The van der Waals surface area contributed by atoms with E-state index in [1.54, 1.807) is 18.4 Å². The predicted octanol–water partition coefficient (Wildman–Crippen LogP) is 3.27. The van der Waals surface area contributed by atoms with Crippen LogP contribution < -0.4 is 10.2 Å². The summed E-state index contributed by atoms with van der Waals surface area (Å²) in [6.45, 7) is 13.6. The maximum Gasteiger partial charge on any atom is 0.185 e. The van der Waals surface area contributed by atoms with Crippen LogP contribution in [-0.2, 0) is 17.9 Å². The van der Waals surface area contributed by atoms with Gasteiger partial charge in [-0.05, 0) is 18.9 Å². The molecule has 1 rings (SSSR count). The first kappa shape index (κ1) is 17.4. The minimum absolute atomic E-state index is 0.226. The molecule has 0 radical (unpaired) electrons. The van der Waals surface area contributed by atoms with E-state index in [4.69, 9.17) is 9.72 Å². The highest BCUT2D eigenvalue weighted by molar-refractivity contribution is 7.15. The SMILES string of the molecule is CCNCc1sc(N(C)C(C)C(C)(C)C)nc1COC. The molecule has 0 aliphatic rings. The summed E-state index contributed by atoms with van der Waals surface area (Å²) in [5, 5.41) is 4.45. The molecule has 1 aromatic heterocycles. The van der Waals surface area contributed by atoms with Crippen LogP contribution >= 0.6 is 11.3 Å². The highest BCUT2D eigenvalue weighted by Crippen LogP contribution is 2.32. The second kappa shape index (κ2) is 7.38. The zero-order chi connectivity index (χ0) is 15.3. The Balaban J connectivity index is 2.94. The number of ether oxygens (including phenoxy) is 1. The van der Waals surface area contributed by atoms with Gasteiger partial charge in [0.05, 0.1) is 12.3 Å². The highest BCUT2D eigenvalue weighted by atomic mass is 32.1. The van der Waals surface area contributed by atoms with Gasteiger partial charge in [-0.3, -0.25) is 0 Å². The van der Waals surface area contributed by atoms with E-state index in [0.29, 0.717) is 12.6 Å². The molecular weight excluding hydrogens is 270 g/mol. The summed E-state index contributed by atoms with van der Waals surface area (Å²) in [7, 11) is 3.85. The molecule has 1 heterocycles. The predicted molar refractivity (Wildman–Crippen MR) is 87.5 cm³/mol. The highest BCUT2D eigenvalue weighted by Gasteiger charge is 2.26. The summed E-state index contributed by atoms with van der Waals surface area (Å²) >= 11 is 1.76. The fourth-order valence-corrected chi connectivity index (χ4v) is 2.97. The minimum Gasteiger partial charge on any atom is -0.378 e. The summed E-state index contributed by atoms with van der Waals surface area (Å²) in [5.41, 5.74) is 1.28. The molecule has 116 valence electrons. The third kappa shape index (κ3) is 4.43. The van der Waals surface area contributed by atoms with E-state index in [1.807, 2.05) is 0 Å². The molecule has 20 heavy (non-hydrogen) atoms. The molecule has 0 bridgehead atoms. The van der Waals surface area contributed by atoms with Gasteiger partial charge in [0, 0.05) is 31.6 Å². The zero-order valence-electron chi connectivity index (χ0n) is 13.9. The number of nitrogens with zero attached hydrogens (tertiary/aromatic N) is 2. The van der Waals surface area contributed by atoms with Crippen molar-refractivity contribution in [1.29, 1.82) is 0 Å². The van der Waals surface area contributed by atoms with Gasteiger partial charge in [0.25, 0.3) is 0 Å². The topological polar surface area (TPSA) is 37.4 Å². The Hall–Kier alpha value is -0.650. The van der Waals surface area contributed by atoms with Crippen molar-refractivity contribution in [3.63, 3.8) is 0 Å². The van der Waals surface area contributed by atoms with Gasteiger partial charge in [-0.1, -0.05) is 27.7 Å². The van der Waals surface area contributed by atoms with Gasteiger partial charge < -0.3 is 15.0 Å². The largest absolute Gasteiger partial charge is 0.378 e. The van der Waals surface area contributed by atoms with Gasteiger partial charge in [-0.15, -0.1) is 11.3 Å². The Morgan fingerprint density at radius 1 is 1.40 bits per heavy atom. The Labute approximate surface area is 127 Å². The van der Waals surface area contributed by atoms with Crippen molar-refractivity contribution in [2.24, 2.45) is 5.41 Å². The van der Waals surface area contributed by atoms with Crippen LogP contribution in [-0.4, -0.2) is 31.7 Å². The third-order valence-electron chi connectivity index (χ3n) is 3.72. The van der Waals surface area contributed by atoms with Crippen molar-refractivity contribution in [3.05, 3.63) is 10.6 Å². The van der Waals surface area contributed by atoms with Crippen molar-refractivity contribution in [1.82, 2.24) is 10.3 Å². The van der Waals surface area contributed by atoms with Gasteiger partial charge in [-0.25, -0.2) is 4.98 Å². The van der Waals surface area contributed by atoms with E-state index in [0.717, 1.165) is 23.9 Å². The van der Waals surface area contributed by atoms with E-state index in [9.17, 15) is 0 Å². The fourth-order valence-electron chi connectivity index (χ4n) is 1.89. The Morgan fingerprint density at radius 3 is 2.55 bits per heavy atom. The number of rotatable bonds is 7. The number of nitrogens with one attached hydrogen (secondary N) is 1. The standard InChI is InChI=1S/C15H29N3OS/c1-8-16-9-13-12(10-19-7)17-14(20-13)18(6)11(2)15(3,4)5/h11,16H,8-10H2,1-7H3. The summed E-state index contributed by atoms with van der Waals surface area (Å²) in [6, 6.07) is 0.427. The molecule has 5 heteroatoms. The van der Waals surface area contributed by atoms with Crippen LogP contribution in [0.2, 0.25) is 0 Å². The first-order valence-corrected chi connectivity index (χ1v) is 8.04. The van der Waals surface area contributed by atoms with Crippen LogP contribution in [0.3, 0.4) is 0 Å². The molecule has 0 fully saturated rings. The molecule has 0 spiro atoms. The lowest BCUT2D eigenvalue weighted by atomic mass is 9.87. The van der Waals surface area contributed by atoms with Crippen molar-refractivity contribution in [2.75, 3.05) is 25.6 Å². The summed E-state index contributed by atoms with van der Waals surface area (Å²) in [6.07, 6.45) is 0. The van der Waals surface area contributed by atoms with Crippen molar-refractivity contribution < 1.29 is 4.74 Å². The molecule has 0 aromatic carbocycles. The summed E-state index contributed by atoms with van der Waals surface area (Å²) in [5.74, 6) is 0. The van der Waals surface area contributed by atoms with E-state index in [2.05, 4.69) is 51.9 Å². The van der Waals surface area contributed by atoms with E-state index >= 15 is 0 Å². The van der Waals surface area contributed by atoms with Crippen molar-refractivity contribution in [2.45, 2.75) is 53.8 Å².